The molecule has 3 rings (SSSR count). The molecule has 0 saturated carbocycles. The van der Waals surface area contributed by atoms with Crippen molar-refractivity contribution in [3.63, 3.8) is 0 Å². The van der Waals surface area contributed by atoms with Gasteiger partial charge in [0.15, 0.2) is 0 Å². The van der Waals surface area contributed by atoms with Gasteiger partial charge in [-0.25, -0.2) is 9.97 Å². The van der Waals surface area contributed by atoms with Crippen LogP contribution in [0.4, 0.5) is 5.82 Å². The summed E-state index contributed by atoms with van der Waals surface area (Å²) in [5, 5.41) is 3.29. The van der Waals surface area contributed by atoms with Gasteiger partial charge in [-0.3, -0.25) is 14.2 Å². The van der Waals surface area contributed by atoms with Crippen molar-refractivity contribution in [2.75, 3.05) is 5.32 Å². The van der Waals surface area contributed by atoms with E-state index in [2.05, 4.69) is 21.2 Å². The van der Waals surface area contributed by atoms with Gasteiger partial charge in [-0.05, 0) is 36.2 Å². The van der Waals surface area contributed by atoms with E-state index in [-0.39, 0.29) is 18.0 Å². The second-order valence-electron chi connectivity index (χ2n) is 6.20. The lowest BCUT2D eigenvalue weighted by atomic mass is 10.1. The third-order valence-electron chi connectivity index (χ3n) is 4.21. The molecule has 2 heterocycles. The summed E-state index contributed by atoms with van der Waals surface area (Å²) in [6, 6.07) is 9.08. The van der Waals surface area contributed by atoms with E-state index < -0.39 is 0 Å². The number of anilines is 1. The Bertz CT molecular complexity index is 1060. The lowest BCUT2D eigenvalue weighted by Crippen LogP contribution is -2.20. The summed E-state index contributed by atoms with van der Waals surface area (Å²) in [5.74, 6) is 2.92. The van der Waals surface area contributed by atoms with Crippen molar-refractivity contribution >= 4 is 22.6 Å². The first kappa shape index (κ1) is 18.3. The number of carbonyl (C=O) groups excluding carboxylic acids is 1. The monoisotopic (exact) mass is 360 g/mol. The minimum atomic E-state index is -0.174. The molecule has 0 saturated heterocycles. The van der Waals surface area contributed by atoms with Gasteiger partial charge in [0.05, 0.1) is 23.8 Å². The standard InChI is InChI=1S/C21H20N4O2/c1-3-5-6-20(26)24-19-10-8-16(13-22-19)15-7-9-18-17(12-15)21(27)25(11-4-2)14-23-18/h2,7-10,12-14H,3,5-6,11H2,1H3,(H,22,24,26). The van der Waals surface area contributed by atoms with Crippen LogP contribution in [0, 0.1) is 12.3 Å². The van der Waals surface area contributed by atoms with E-state index in [4.69, 9.17) is 6.42 Å². The number of hydrogen-bond donors (Lipinski definition) is 1. The molecule has 3 aromatic rings. The fourth-order valence-electron chi connectivity index (χ4n) is 2.73. The SMILES string of the molecule is C#CCn1cnc2ccc(-c3ccc(NC(=O)CCCC)nc3)cc2c1=O. The summed E-state index contributed by atoms with van der Waals surface area (Å²) in [5.41, 5.74) is 2.13. The van der Waals surface area contributed by atoms with Crippen LogP contribution in [0.15, 0.2) is 47.7 Å². The smallest absolute Gasteiger partial charge is 0.262 e. The van der Waals surface area contributed by atoms with Crippen molar-refractivity contribution in [1.82, 2.24) is 14.5 Å². The molecule has 27 heavy (non-hydrogen) atoms. The van der Waals surface area contributed by atoms with Gasteiger partial charge in [-0.2, -0.15) is 0 Å². The molecule has 1 N–H and O–H groups in total. The average molecular weight is 360 g/mol. The Hall–Kier alpha value is -3.46. The van der Waals surface area contributed by atoms with Gasteiger partial charge < -0.3 is 5.32 Å². The Morgan fingerprint density at radius 3 is 2.74 bits per heavy atom. The van der Waals surface area contributed by atoms with E-state index in [0.29, 0.717) is 23.1 Å². The zero-order chi connectivity index (χ0) is 19.2. The lowest BCUT2D eigenvalue weighted by Gasteiger charge is -2.07. The van der Waals surface area contributed by atoms with Crippen molar-refractivity contribution in [2.45, 2.75) is 32.7 Å². The molecule has 1 amide bonds. The van der Waals surface area contributed by atoms with Crippen LogP contribution in [0.2, 0.25) is 0 Å². The number of fused-ring (bicyclic) bond motifs is 1. The number of carbonyl (C=O) groups is 1. The summed E-state index contributed by atoms with van der Waals surface area (Å²) in [7, 11) is 0. The van der Waals surface area contributed by atoms with Crippen LogP contribution < -0.4 is 10.9 Å². The van der Waals surface area contributed by atoms with Gasteiger partial charge in [-0.1, -0.05) is 25.3 Å². The van der Waals surface area contributed by atoms with Crippen molar-refractivity contribution in [1.29, 1.82) is 0 Å². The van der Waals surface area contributed by atoms with Crippen LogP contribution in [-0.4, -0.2) is 20.4 Å². The highest BCUT2D eigenvalue weighted by Gasteiger charge is 2.07. The molecule has 2 aromatic heterocycles. The van der Waals surface area contributed by atoms with Crippen LogP contribution in [0.5, 0.6) is 0 Å². The topological polar surface area (TPSA) is 76.9 Å². The molecule has 0 bridgehead atoms. The molecular formula is C21H20N4O2. The summed E-state index contributed by atoms with van der Waals surface area (Å²) >= 11 is 0. The number of unbranched alkanes of at least 4 members (excludes halogenated alkanes) is 1. The third kappa shape index (κ3) is 4.21. The normalized spacial score (nSPS) is 10.5. The van der Waals surface area contributed by atoms with Crippen LogP contribution in [0.1, 0.15) is 26.2 Å². The first-order valence-electron chi connectivity index (χ1n) is 8.81. The van der Waals surface area contributed by atoms with Crippen molar-refractivity contribution in [3.05, 3.63) is 53.2 Å². The number of aromatic nitrogens is 3. The van der Waals surface area contributed by atoms with Gasteiger partial charge in [0.1, 0.15) is 5.82 Å². The van der Waals surface area contributed by atoms with Crippen molar-refractivity contribution in [3.8, 4) is 23.5 Å². The van der Waals surface area contributed by atoms with Gasteiger partial charge in [-0.15, -0.1) is 6.42 Å². The highest BCUT2D eigenvalue weighted by molar-refractivity contribution is 5.90. The third-order valence-corrected chi connectivity index (χ3v) is 4.21. The second kappa shape index (κ2) is 8.28. The van der Waals surface area contributed by atoms with Crippen molar-refractivity contribution in [2.24, 2.45) is 0 Å². The maximum Gasteiger partial charge on any atom is 0.262 e. The molecule has 0 atom stereocenters. The number of rotatable bonds is 6. The first-order chi connectivity index (χ1) is 13.1. The highest BCUT2D eigenvalue weighted by atomic mass is 16.1. The number of hydrogen-bond acceptors (Lipinski definition) is 4. The largest absolute Gasteiger partial charge is 0.311 e. The summed E-state index contributed by atoms with van der Waals surface area (Å²) in [6.07, 6.45) is 10.7. The van der Waals surface area contributed by atoms with Crippen LogP contribution in [0.25, 0.3) is 22.0 Å². The molecule has 1 aromatic carbocycles. The summed E-state index contributed by atoms with van der Waals surface area (Å²) in [4.78, 5) is 32.9. The van der Waals surface area contributed by atoms with E-state index in [1.54, 1.807) is 24.4 Å². The average Bonchev–Trinajstić information content (AvgIpc) is 2.69. The fourth-order valence-corrected chi connectivity index (χ4v) is 2.73. The predicted octanol–water partition coefficient (Wildman–Crippen LogP) is 3.22. The van der Waals surface area contributed by atoms with Gasteiger partial charge in [0.25, 0.3) is 5.56 Å². The van der Waals surface area contributed by atoms with E-state index in [1.807, 2.05) is 19.1 Å². The van der Waals surface area contributed by atoms with E-state index >= 15 is 0 Å². The van der Waals surface area contributed by atoms with Gasteiger partial charge >= 0.3 is 0 Å². The molecule has 0 unspecified atom stereocenters. The quantitative estimate of drug-likeness (QED) is 0.685. The molecule has 0 spiro atoms. The van der Waals surface area contributed by atoms with Gasteiger partial charge in [0, 0.05) is 18.2 Å². The molecule has 6 heteroatoms. The fraction of sp³-hybridized carbons (Fsp3) is 0.238. The van der Waals surface area contributed by atoms with Crippen LogP contribution in [-0.2, 0) is 11.3 Å². The molecular weight excluding hydrogens is 340 g/mol. The maximum atomic E-state index is 12.5. The molecule has 0 aliphatic carbocycles. The maximum absolute atomic E-state index is 12.5. The minimum Gasteiger partial charge on any atom is -0.311 e. The van der Waals surface area contributed by atoms with Crippen molar-refractivity contribution < 1.29 is 4.79 Å². The molecule has 6 nitrogen and oxygen atoms in total. The number of pyridine rings is 1. The molecule has 0 fully saturated rings. The summed E-state index contributed by atoms with van der Waals surface area (Å²) < 4.78 is 1.40. The lowest BCUT2D eigenvalue weighted by molar-refractivity contribution is -0.116. The van der Waals surface area contributed by atoms with E-state index in [9.17, 15) is 9.59 Å². The molecule has 0 radical (unpaired) electrons. The number of amides is 1. The molecule has 0 aliphatic heterocycles. The number of nitrogens with one attached hydrogen (secondary N) is 1. The Balaban J connectivity index is 1.87. The van der Waals surface area contributed by atoms with E-state index in [0.717, 1.165) is 24.0 Å². The summed E-state index contributed by atoms with van der Waals surface area (Å²) in [6.45, 7) is 2.22. The Morgan fingerprint density at radius 2 is 2.04 bits per heavy atom. The zero-order valence-corrected chi connectivity index (χ0v) is 15.1. The number of benzene rings is 1. The second-order valence-corrected chi connectivity index (χ2v) is 6.20. The Morgan fingerprint density at radius 1 is 1.22 bits per heavy atom. The molecule has 136 valence electrons. The van der Waals surface area contributed by atoms with E-state index in [1.165, 1.54) is 10.9 Å². The molecule has 0 aliphatic rings. The zero-order valence-electron chi connectivity index (χ0n) is 15.1. The number of nitrogens with zero attached hydrogens (tertiary/aromatic N) is 3. The minimum absolute atomic E-state index is 0.0389. The van der Waals surface area contributed by atoms with Gasteiger partial charge in [0.2, 0.25) is 5.91 Å². The Labute approximate surface area is 157 Å². The Kier molecular flexibility index (Phi) is 5.62. The first-order valence-corrected chi connectivity index (χ1v) is 8.81. The van der Waals surface area contributed by atoms with Crippen LogP contribution in [0.3, 0.4) is 0 Å². The predicted molar refractivity (Wildman–Crippen MR) is 106 cm³/mol. The van der Waals surface area contributed by atoms with Crippen LogP contribution >= 0.6 is 0 Å². The highest BCUT2D eigenvalue weighted by Crippen LogP contribution is 2.22. The number of terminal acetylenes is 1.